The summed E-state index contributed by atoms with van der Waals surface area (Å²) >= 11 is 0. The summed E-state index contributed by atoms with van der Waals surface area (Å²) < 4.78 is 0. The number of carboxylic acid groups (broad SMARTS) is 1. The van der Waals surface area contributed by atoms with E-state index in [1.54, 1.807) is 23.2 Å². The lowest BCUT2D eigenvalue weighted by Crippen LogP contribution is -2.61. The summed E-state index contributed by atoms with van der Waals surface area (Å²) in [5, 5.41) is 29.2. The molecule has 3 atom stereocenters. The highest BCUT2D eigenvalue weighted by Crippen LogP contribution is 2.32. The van der Waals surface area contributed by atoms with Crippen LogP contribution in [0, 0.1) is 15.5 Å². The van der Waals surface area contributed by atoms with Gasteiger partial charge < -0.3 is 14.9 Å². The number of amides is 1. The summed E-state index contributed by atoms with van der Waals surface area (Å²) in [7, 11) is 0. The first kappa shape index (κ1) is 28.7. The SMILES string of the molecule is C[C@@H]1CN(c2cc(-c3n[nH]c4ccc([N+](=O)[O-])cc34)ccn2)C[C@H](C)N1CCN1CCN(C(=O)O)C(C(C)(C)C)C1. The number of non-ortho nitro benzene ring substituents is 1. The first-order valence-electron chi connectivity index (χ1n) is 14.2. The molecule has 2 aliphatic heterocycles. The number of rotatable bonds is 6. The number of fused-ring (bicyclic) bond motifs is 1. The Morgan fingerprint density at radius 2 is 1.83 bits per heavy atom. The molecule has 2 fully saturated rings. The topological polar surface area (TPSA) is 135 Å². The predicted molar refractivity (Wildman–Crippen MR) is 158 cm³/mol. The van der Waals surface area contributed by atoms with Crippen LogP contribution in [0.2, 0.25) is 0 Å². The van der Waals surface area contributed by atoms with Gasteiger partial charge in [-0.15, -0.1) is 0 Å². The highest BCUT2D eigenvalue weighted by Gasteiger charge is 2.38. The average Bonchev–Trinajstić information content (AvgIpc) is 3.35. The van der Waals surface area contributed by atoms with Crippen molar-refractivity contribution in [2.75, 3.05) is 50.7 Å². The average molecular weight is 565 g/mol. The van der Waals surface area contributed by atoms with Crippen molar-refractivity contribution < 1.29 is 14.8 Å². The Balaban J connectivity index is 1.25. The van der Waals surface area contributed by atoms with E-state index in [1.807, 2.05) is 12.1 Å². The molecule has 220 valence electrons. The predicted octanol–water partition coefficient (Wildman–Crippen LogP) is 4.14. The van der Waals surface area contributed by atoms with Gasteiger partial charge in [0.2, 0.25) is 0 Å². The Kier molecular flexibility index (Phi) is 7.89. The molecule has 0 bridgehead atoms. The van der Waals surface area contributed by atoms with E-state index in [-0.39, 0.29) is 17.1 Å². The molecule has 1 amide bonds. The van der Waals surface area contributed by atoms with E-state index in [9.17, 15) is 20.0 Å². The van der Waals surface area contributed by atoms with Gasteiger partial charge in [0.05, 0.1) is 16.5 Å². The van der Waals surface area contributed by atoms with Gasteiger partial charge in [-0.2, -0.15) is 5.10 Å². The number of piperazine rings is 2. The standard InChI is InChI=1S/C29H40N8O4/c1-19-16-34(17-20(2)35(19)12-10-33-11-13-36(28(38)39)25(18-33)29(3,4)5)26-14-21(8-9-30-26)27-23-15-22(37(40)41)6-7-24(23)31-32-27/h6-9,14-15,19-20,25H,10-13,16-18H2,1-5H3,(H,31,32)(H,38,39)/t19-,20+,25?. The van der Waals surface area contributed by atoms with Crippen LogP contribution in [0.1, 0.15) is 34.6 Å². The van der Waals surface area contributed by atoms with Gasteiger partial charge in [0.1, 0.15) is 11.5 Å². The number of aromatic nitrogens is 3. The molecule has 12 heteroatoms. The molecular formula is C29H40N8O4. The second-order valence-corrected chi connectivity index (χ2v) is 12.5. The molecule has 2 N–H and O–H groups in total. The second kappa shape index (κ2) is 11.2. The Morgan fingerprint density at radius 1 is 1.10 bits per heavy atom. The van der Waals surface area contributed by atoms with Crippen LogP contribution in [-0.2, 0) is 0 Å². The molecule has 12 nitrogen and oxygen atoms in total. The molecule has 1 aromatic carbocycles. The fourth-order valence-corrected chi connectivity index (χ4v) is 6.33. The van der Waals surface area contributed by atoms with Crippen LogP contribution < -0.4 is 4.90 Å². The maximum Gasteiger partial charge on any atom is 0.407 e. The number of hydrogen-bond acceptors (Lipinski definition) is 8. The molecule has 2 saturated heterocycles. The zero-order valence-electron chi connectivity index (χ0n) is 24.4. The molecule has 0 radical (unpaired) electrons. The molecule has 2 aliphatic rings. The molecule has 1 unspecified atom stereocenters. The van der Waals surface area contributed by atoms with E-state index in [2.05, 4.69) is 64.5 Å². The lowest BCUT2D eigenvalue weighted by Gasteiger charge is -2.48. The van der Waals surface area contributed by atoms with Gasteiger partial charge in [-0.3, -0.25) is 25.0 Å². The van der Waals surface area contributed by atoms with Crippen LogP contribution in [0.15, 0.2) is 36.5 Å². The van der Waals surface area contributed by atoms with Gasteiger partial charge in [-0.25, -0.2) is 9.78 Å². The Bertz CT molecular complexity index is 1410. The Labute approximate surface area is 240 Å². The van der Waals surface area contributed by atoms with E-state index >= 15 is 0 Å². The largest absolute Gasteiger partial charge is 0.465 e. The van der Waals surface area contributed by atoms with E-state index < -0.39 is 11.0 Å². The normalized spacial score (nSPS) is 22.8. The highest BCUT2D eigenvalue weighted by molar-refractivity contribution is 5.94. The lowest BCUT2D eigenvalue weighted by molar-refractivity contribution is -0.384. The number of hydrogen-bond donors (Lipinski definition) is 2. The number of benzene rings is 1. The lowest BCUT2D eigenvalue weighted by atomic mass is 9.84. The number of anilines is 1. The highest BCUT2D eigenvalue weighted by atomic mass is 16.6. The number of nitro benzene ring substituents is 1. The van der Waals surface area contributed by atoms with Crippen molar-refractivity contribution in [3.05, 3.63) is 46.6 Å². The first-order valence-corrected chi connectivity index (χ1v) is 14.2. The number of pyridine rings is 1. The van der Waals surface area contributed by atoms with Crippen molar-refractivity contribution in [2.45, 2.75) is 52.7 Å². The summed E-state index contributed by atoms with van der Waals surface area (Å²) in [5.41, 5.74) is 2.19. The van der Waals surface area contributed by atoms with Crippen LogP contribution in [0.4, 0.5) is 16.3 Å². The van der Waals surface area contributed by atoms with Gasteiger partial charge >= 0.3 is 6.09 Å². The zero-order chi connectivity index (χ0) is 29.5. The van der Waals surface area contributed by atoms with Crippen LogP contribution in [0.5, 0.6) is 0 Å². The Hall–Kier alpha value is -3.77. The zero-order valence-corrected chi connectivity index (χ0v) is 24.4. The van der Waals surface area contributed by atoms with Crippen LogP contribution >= 0.6 is 0 Å². The maximum absolute atomic E-state index is 11.8. The van der Waals surface area contributed by atoms with E-state index in [1.165, 1.54) is 6.07 Å². The molecule has 0 spiro atoms. The number of nitrogens with zero attached hydrogens (tertiary/aromatic N) is 7. The van der Waals surface area contributed by atoms with Crippen molar-refractivity contribution in [1.82, 2.24) is 29.9 Å². The second-order valence-electron chi connectivity index (χ2n) is 12.5. The maximum atomic E-state index is 11.8. The van der Waals surface area contributed by atoms with E-state index in [0.29, 0.717) is 29.7 Å². The minimum atomic E-state index is -0.831. The third kappa shape index (κ3) is 5.98. The van der Waals surface area contributed by atoms with Crippen molar-refractivity contribution in [3.63, 3.8) is 0 Å². The van der Waals surface area contributed by atoms with Crippen molar-refractivity contribution in [1.29, 1.82) is 0 Å². The number of nitro groups is 1. The molecule has 2 aromatic heterocycles. The summed E-state index contributed by atoms with van der Waals surface area (Å²) in [5.74, 6) is 0.861. The molecule has 0 aliphatic carbocycles. The Morgan fingerprint density at radius 3 is 2.49 bits per heavy atom. The van der Waals surface area contributed by atoms with Gasteiger partial charge in [-0.05, 0) is 37.5 Å². The third-order valence-corrected chi connectivity index (χ3v) is 8.59. The summed E-state index contributed by atoms with van der Waals surface area (Å²) in [4.78, 5) is 36.2. The molecule has 5 rings (SSSR count). The van der Waals surface area contributed by atoms with Gasteiger partial charge in [0, 0.05) is 87.2 Å². The minimum absolute atomic E-state index is 0.0310. The third-order valence-electron chi connectivity index (χ3n) is 8.59. The summed E-state index contributed by atoms with van der Waals surface area (Å²) in [6, 6.07) is 9.19. The van der Waals surface area contributed by atoms with Gasteiger partial charge in [-0.1, -0.05) is 20.8 Å². The fraction of sp³-hybridized carbons (Fsp3) is 0.552. The van der Waals surface area contributed by atoms with Crippen LogP contribution in [0.25, 0.3) is 22.2 Å². The number of H-pyrrole nitrogens is 1. The van der Waals surface area contributed by atoms with Crippen molar-refractivity contribution >= 4 is 28.5 Å². The van der Waals surface area contributed by atoms with Crippen LogP contribution in [-0.4, -0.2) is 110 Å². The summed E-state index contributed by atoms with van der Waals surface area (Å²) in [6.45, 7) is 16.3. The number of nitrogens with one attached hydrogen (secondary N) is 1. The molecular weight excluding hydrogens is 524 g/mol. The van der Waals surface area contributed by atoms with Gasteiger partial charge in [0.15, 0.2) is 0 Å². The number of aromatic amines is 1. The van der Waals surface area contributed by atoms with E-state index in [0.717, 1.165) is 56.2 Å². The van der Waals surface area contributed by atoms with E-state index in [4.69, 9.17) is 0 Å². The minimum Gasteiger partial charge on any atom is -0.465 e. The molecule has 3 aromatic rings. The molecule has 41 heavy (non-hydrogen) atoms. The van der Waals surface area contributed by atoms with Crippen LogP contribution in [0.3, 0.4) is 0 Å². The molecule has 4 heterocycles. The first-order chi connectivity index (χ1) is 19.4. The van der Waals surface area contributed by atoms with Crippen molar-refractivity contribution in [3.8, 4) is 11.3 Å². The van der Waals surface area contributed by atoms with Gasteiger partial charge in [0.25, 0.3) is 5.69 Å². The van der Waals surface area contributed by atoms with Crippen molar-refractivity contribution in [2.24, 2.45) is 5.41 Å². The smallest absolute Gasteiger partial charge is 0.407 e. The monoisotopic (exact) mass is 564 g/mol. The number of carbonyl (C=O) groups is 1. The quantitative estimate of drug-likeness (QED) is 0.334. The fourth-order valence-electron chi connectivity index (χ4n) is 6.33. The molecule has 0 saturated carbocycles. The summed E-state index contributed by atoms with van der Waals surface area (Å²) in [6.07, 6.45) is 0.939.